The lowest BCUT2D eigenvalue weighted by molar-refractivity contribution is -0.116. The molecular weight excluding hydrogens is 484 g/mol. The van der Waals surface area contributed by atoms with Crippen molar-refractivity contribution in [3.05, 3.63) is 96.1 Å². The zero-order valence-corrected chi connectivity index (χ0v) is 22.4. The topological polar surface area (TPSA) is 84.3 Å². The number of hydrogen-bond donors (Lipinski definition) is 1. The Morgan fingerprint density at radius 2 is 1.51 bits per heavy atom. The molecule has 0 fully saturated rings. The molecule has 0 aliphatic heterocycles. The Labute approximate surface area is 218 Å². The van der Waals surface area contributed by atoms with Crippen LogP contribution in [0.4, 0.5) is 5.82 Å². The predicted molar refractivity (Wildman–Crippen MR) is 147 cm³/mol. The zero-order chi connectivity index (χ0) is 26.6. The van der Waals surface area contributed by atoms with Crippen molar-refractivity contribution < 1.29 is 13.2 Å². The number of aryl methyl sites for hydroxylation is 2. The maximum atomic E-state index is 13.4. The Bertz CT molecular complexity index is 1460. The first-order chi connectivity index (χ1) is 17.6. The van der Waals surface area contributed by atoms with Gasteiger partial charge in [0.05, 0.1) is 22.8 Å². The molecule has 8 heteroatoms. The number of anilines is 1. The van der Waals surface area contributed by atoms with E-state index in [2.05, 4.69) is 5.32 Å². The third-order valence-corrected chi connectivity index (χ3v) is 7.70. The third kappa shape index (κ3) is 6.34. The summed E-state index contributed by atoms with van der Waals surface area (Å²) < 4.78 is 29.7. The molecule has 0 aliphatic rings. The highest BCUT2D eigenvalue weighted by Gasteiger charge is 2.28. The number of rotatable bonds is 9. The van der Waals surface area contributed by atoms with Crippen LogP contribution in [0.15, 0.2) is 89.8 Å². The smallest absolute Gasteiger partial charge is 0.243 e. The van der Waals surface area contributed by atoms with Gasteiger partial charge in [0, 0.05) is 18.2 Å². The molecule has 4 aromatic rings. The summed E-state index contributed by atoms with van der Waals surface area (Å²) in [5.74, 6) is 0.0601. The molecule has 0 bridgehead atoms. The van der Waals surface area contributed by atoms with Crippen LogP contribution in [0.25, 0.3) is 16.9 Å². The van der Waals surface area contributed by atoms with E-state index < -0.39 is 15.9 Å². The summed E-state index contributed by atoms with van der Waals surface area (Å²) in [6.45, 7) is 7.66. The van der Waals surface area contributed by atoms with Crippen LogP contribution in [0, 0.1) is 19.8 Å². The lowest BCUT2D eigenvalue weighted by atomic mass is 10.1. The Kier molecular flexibility index (Phi) is 7.90. The number of hydrogen-bond acceptors (Lipinski definition) is 4. The van der Waals surface area contributed by atoms with Gasteiger partial charge in [-0.15, -0.1) is 0 Å². The molecule has 0 unspecified atom stereocenters. The molecule has 0 atom stereocenters. The number of nitrogens with zero attached hydrogens (tertiary/aromatic N) is 3. The van der Waals surface area contributed by atoms with E-state index in [0.717, 1.165) is 22.4 Å². The van der Waals surface area contributed by atoms with Crippen molar-refractivity contribution in [1.82, 2.24) is 14.1 Å². The van der Waals surface area contributed by atoms with Crippen molar-refractivity contribution in [1.29, 1.82) is 0 Å². The molecule has 1 amide bonds. The van der Waals surface area contributed by atoms with Gasteiger partial charge >= 0.3 is 0 Å². The van der Waals surface area contributed by atoms with E-state index in [-0.39, 0.29) is 23.9 Å². The van der Waals surface area contributed by atoms with Gasteiger partial charge in [-0.1, -0.05) is 79.6 Å². The van der Waals surface area contributed by atoms with Crippen molar-refractivity contribution in [2.45, 2.75) is 32.6 Å². The minimum Gasteiger partial charge on any atom is -0.309 e. The van der Waals surface area contributed by atoms with Crippen LogP contribution >= 0.6 is 0 Å². The van der Waals surface area contributed by atoms with Crippen molar-refractivity contribution in [2.75, 3.05) is 18.4 Å². The van der Waals surface area contributed by atoms with Gasteiger partial charge in [0.15, 0.2) is 0 Å². The highest BCUT2D eigenvalue weighted by Crippen LogP contribution is 2.25. The molecule has 3 aromatic carbocycles. The first-order valence-corrected chi connectivity index (χ1v) is 13.7. The van der Waals surface area contributed by atoms with E-state index in [9.17, 15) is 13.2 Å². The second-order valence-electron chi connectivity index (χ2n) is 9.58. The molecule has 1 heterocycles. The minimum absolute atomic E-state index is 0.0378. The number of amides is 1. The van der Waals surface area contributed by atoms with Crippen LogP contribution in [-0.4, -0.2) is 41.5 Å². The fraction of sp³-hybridized carbons (Fsp3) is 0.241. The van der Waals surface area contributed by atoms with Gasteiger partial charge in [0.2, 0.25) is 15.9 Å². The molecule has 0 saturated heterocycles. The Balaban J connectivity index is 1.64. The molecular formula is C29H32N4O3S. The maximum absolute atomic E-state index is 13.4. The van der Waals surface area contributed by atoms with Crippen molar-refractivity contribution in [2.24, 2.45) is 5.92 Å². The number of carbonyl (C=O) groups excluding carboxylic acids is 1. The summed E-state index contributed by atoms with van der Waals surface area (Å²) >= 11 is 0. The zero-order valence-electron chi connectivity index (χ0n) is 21.5. The Morgan fingerprint density at radius 3 is 2.11 bits per heavy atom. The molecule has 1 aromatic heterocycles. The van der Waals surface area contributed by atoms with Gasteiger partial charge in [-0.2, -0.15) is 9.40 Å². The lowest BCUT2D eigenvalue weighted by Crippen LogP contribution is -2.40. The van der Waals surface area contributed by atoms with Crippen molar-refractivity contribution >= 4 is 21.7 Å². The summed E-state index contributed by atoms with van der Waals surface area (Å²) in [4.78, 5) is 13.4. The largest absolute Gasteiger partial charge is 0.309 e. The Morgan fingerprint density at radius 1 is 0.919 bits per heavy atom. The van der Waals surface area contributed by atoms with Gasteiger partial charge in [-0.25, -0.2) is 13.1 Å². The van der Waals surface area contributed by atoms with Crippen molar-refractivity contribution in [3.8, 4) is 16.9 Å². The fourth-order valence-electron chi connectivity index (χ4n) is 3.96. The van der Waals surface area contributed by atoms with E-state index in [0.29, 0.717) is 11.5 Å². The fourth-order valence-corrected chi connectivity index (χ4v) is 5.52. The van der Waals surface area contributed by atoms with Crippen molar-refractivity contribution in [3.63, 3.8) is 0 Å². The molecule has 0 aliphatic carbocycles. The Hall–Kier alpha value is -3.75. The summed E-state index contributed by atoms with van der Waals surface area (Å²) in [6.07, 6.45) is 0. The maximum Gasteiger partial charge on any atom is 0.243 e. The molecule has 192 valence electrons. The normalized spacial score (nSPS) is 11.7. The van der Waals surface area contributed by atoms with Crippen LogP contribution in [-0.2, 0) is 14.8 Å². The number of sulfonamides is 1. The van der Waals surface area contributed by atoms with E-state index in [4.69, 9.17) is 5.10 Å². The van der Waals surface area contributed by atoms with Gasteiger partial charge in [-0.3, -0.25) is 4.79 Å². The number of benzene rings is 3. The van der Waals surface area contributed by atoms with Crippen LogP contribution in [0.3, 0.4) is 0 Å². The molecule has 1 N–H and O–H groups in total. The van der Waals surface area contributed by atoms with E-state index in [1.807, 2.05) is 82.3 Å². The summed E-state index contributed by atoms with van der Waals surface area (Å²) in [6, 6.07) is 26.0. The van der Waals surface area contributed by atoms with Crippen LogP contribution < -0.4 is 5.32 Å². The first kappa shape index (κ1) is 26.3. The highest BCUT2D eigenvalue weighted by molar-refractivity contribution is 7.89. The molecule has 0 radical (unpaired) electrons. The summed E-state index contributed by atoms with van der Waals surface area (Å²) in [5.41, 5.74) is 4.46. The number of nitrogens with one attached hydrogen (secondary N) is 1. The SMILES string of the molecule is Cc1ccc(-n2nc(-c3ccccc3)cc2NC(=O)CN(CC(C)C)S(=O)(=O)c2ccc(C)cc2)cc1. The molecule has 7 nitrogen and oxygen atoms in total. The predicted octanol–water partition coefficient (Wildman–Crippen LogP) is 5.44. The third-order valence-electron chi connectivity index (χ3n) is 5.87. The molecule has 37 heavy (non-hydrogen) atoms. The quantitative estimate of drug-likeness (QED) is 0.321. The van der Waals surface area contributed by atoms with E-state index in [1.165, 1.54) is 4.31 Å². The lowest BCUT2D eigenvalue weighted by Gasteiger charge is -2.23. The van der Waals surface area contributed by atoms with Crippen LogP contribution in [0.1, 0.15) is 25.0 Å². The van der Waals surface area contributed by atoms with Crippen LogP contribution in [0.5, 0.6) is 0 Å². The number of aromatic nitrogens is 2. The van der Waals surface area contributed by atoms with Gasteiger partial charge < -0.3 is 5.32 Å². The summed E-state index contributed by atoms with van der Waals surface area (Å²) in [7, 11) is -3.85. The molecule has 0 spiro atoms. The minimum atomic E-state index is -3.85. The second kappa shape index (κ2) is 11.1. The highest BCUT2D eigenvalue weighted by atomic mass is 32.2. The summed E-state index contributed by atoms with van der Waals surface area (Å²) in [5, 5.41) is 7.64. The van der Waals surface area contributed by atoms with Gasteiger partial charge in [-0.05, 0) is 44.0 Å². The first-order valence-electron chi connectivity index (χ1n) is 12.2. The standard InChI is InChI=1S/C29H32N4O3S/c1-21(2)19-32(37(35,36)26-16-12-23(4)13-17-26)20-29(34)30-28-18-27(24-8-6-5-7-9-24)31-33(28)25-14-10-22(3)11-15-25/h5-18,21H,19-20H2,1-4H3,(H,30,34). The monoisotopic (exact) mass is 516 g/mol. The van der Waals surface area contributed by atoms with E-state index >= 15 is 0 Å². The van der Waals surface area contributed by atoms with E-state index in [1.54, 1.807) is 35.0 Å². The average Bonchev–Trinajstić information content (AvgIpc) is 3.28. The molecule has 4 rings (SSSR count). The number of carbonyl (C=O) groups is 1. The second-order valence-corrected chi connectivity index (χ2v) is 11.5. The average molecular weight is 517 g/mol. The molecule has 0 saturated carbocycles. The van der Waals surface area contributed by atoms with Crippen LogP contribution in [0.2, 0.25) is 0 Å². The van der Waals surface area contributed by atoms with Gasteiger partial charge in [0.1, 0.15) is 5.82 Å². The van der Waals surface area contributed by atoms with Gasteiger partial charge in [0.25, 0.3) is 0 Å².